The van der Waals surface area contributed by atoms with E-state index in [4.69, 9.17) is 9.84 Å². The van der Waals surface area contributed by atoms with Crippen LogP contribution in [0.5, 0.6) is 0 Å². The lowest BCUT2D eigenvalue weighted by molar-refractivity contribution is 0.0180. The molecule has 1 heterocycles. The van der Waals surface area contributed by atoms with E-state index in [0.29, 0.717) is 37.5 Å². The summed E-state index contributed by atoms with van der Waals surface area (Å²) in [6, 6.07) is 0. The Kier molecular flexibility index (Phi) is 14.1. The van der Waals surface area contributed by atoms with E-state index < -0.39 is 17.3 Å². The average Bonchev–Trinajstić information content (AvgIpc) is 3.49. The quantitative estimate of drug-likeness (QED) is 0.160. The molecule has 0 aromatic rings. The van der Waals surface area contributed by atoms with Gasteiger partial charge in [0.15, 0.2) is 0 Å². The Labute approximate surface area is 209 Å². The Bertz CT molecular complexity index is 537. The van der Waals surface area contributed by atoms with Crippen molar-refractivity contribution in [2.75, 3.05) is 6.61 Å². The van der Waals surface area contributed by atoms with E-state index >= 15 is 0 Å². The molecule has 9 atom stereocenters. The van der Waals surface area contributed by atoms with Crippen LogP contribution in [0.25, 0.3) is 0 Å². The highest BCUT2D eigenvalue weighted by molar-refractivity contribution is 4.95. The molecule has 204 valence electrons. The fourth-order valence-electron chi connectivity index (χ4n) is 5.39. The fourth-order valence-corrected chi connectivity index (χ4v) is 5.39. The highest BCUT2D eigenvalue weighted by atomic mass is 16.6. The van der Waals surface area contributed by atoms with Crippen molar-refractivity contribution >= 4 is 0 Å². The highest BCUT2D eigenvalue weighted by Crippen LogP contribution is 2.38. The molecule has 0 spiro atoms. The summed E-state index contributed by atoms with van der Waals surface area (Å²) in [5, 5.41) is 50.0. The van der Waals surface area contributed by atoms with Crippen LogP contribution in [0.2, 0.25) is 0 Å². The van der Waals surface area contributed by atoms with E-state index in [-0.39, 0.29) is 30.8 Å². The molecule has 0 radical (unpaired) electrons. The first-order valence-corrected chi connectivity index (χ1v) is 13.9. The molecule has 1 aliphatic rings. The zero-order valence-corrected chi connectivity index (χ0v) is 22.9. The average molecular weight is 489 g/mol. The SMILES string of the molecule is CCC(O)C(C)C1OC1CC(C)(O)CCCC(C)CC(C)CCCC(C)(O)CCC(O)CCO. The molecule has 6 heteroatoms. The third-order valence-electron chi connectivity index (χ3n) is 7.91. The number of rotatable bonds is 20. The molecule has 1 saturated heterocycles. The topological polar surface area (TPSA) is 114 Å². The minimum Gasteiger partial charge on any atom is -0.396 e. The first kappa shape index (κ1) is 31.8. The summed E-state index contributed by atoms with van der Waals surface area (Å²) in [6.07, 6.45) is 8.91. The Hall–Kier alpha value is -0.240. The van der Waals surface area contributed by atoms with Crippen LogP contribution < -0.4 is 0 Å². The van der Waals surface area contributed by atoms with Crippen molar-refractivity contribution in [3.8, 4) is 0 Å². The Morgan fingerprint density at radius 1 is 0.824 bits per heavy atom. The molecule has 0 aromatic carbocycles. The van der Waals surface area contributed by atoms with Crippen LogP contribution in [-0.2, 0) is 4.74 Å². The lowest BCUT2D eigenvalue weighted by atomic mass is 9.85. The van der Waals surface area contributed by atoms with Crippen LogP contribution >= 0.6 is 0 Å². The number of epoxide rings is 1. The number of hydrogen-bond donors (Lipinski definition) is 5. The van der Waals surface area contributed by atoms with Crippen LogP contribution in [0, 0.1) is 17.8 Å². The van der Waals surface area contributed by atoms with Gasteiger partial charge in [-0.05, 0) is 70.6 Å². The fraction of sp³-hybridized carbons (Fsp3) is 1.00. The number of hydrogen-bond acceptors (Lipinski definition) is 6. The van der Waals surface area contributed by atoms with Gasteiger partial charge < -0.3 is 30.3 Å². The maximum absolute atomic E-state index is 10.8. The third kappa shape index (κ3) is 13.2. The Balaban J connectivity index is 2.19. The lowest BCUT2D eigenvalue weighted by Crippen LogP contribution is -2.29. The minimum absolute atomic E-state index is 0.0186. The predicted molar refractivity (Wildman–Crippen MR) is 138 cm³/mol. The number of aliphatic hydroxyl groups excluding tert-OH is 3. The number of aliphatic hydroxyl groups is 5. The minimum atomic E-state index is -0.760. The van der Waals surface area contributed by atoms with Gasteiger partial charge in [0.1, 0.15) is 0 Å². The summed E-state index contributed by atoms with van der Waals surface area (Å²) < 4.78 is 5.76. The van der Waals surface area contributed by atoms with Gasteiger partial charge in [-0.15, -0.1) is 0 Å². The molecule has 5 N–H and O–H groups in total. The molecule has 1 fully saturated rings. The van der Waals surface area contributed by atoms with Gasteiger partial charge in [-0.1, -0.05) is 53.4 Å². The summed E-state index contributed by atoms with van der Waals surface area (Å²) in [4.78, 5) is 0. The molecule has 1 aliphatic heterocycles. The Morgan fingerprint density at radius 3 is 1.91 bits per heavy atom. The molecule has 0 saturated carbocycles. The molecule has 1 rings (SSSR count). The third-order valence-corrected chi connectivity index (χ3v) is 7.91. The summed E-state index contributed by atoms with van der Waals surface area (Å²) in [6.45, 7) is 12.3. The van der Waals surface area contributed by atoms with Gasteiger partial charge in [0.25, 0.3) is 0 Å². The van der Waals surface area contributed by atoms with E-state index in [1.54, 1.807) is 0 Å². The van der Waals surface area contributed by atoms with Crippen molar-refractivity contribution in [2.45, 2.75) is 154 Å². The van der Waals surface area contributed by atoms with Crippen LogP contribution in [0.3, 0.4) is 0 Å². The van der Waals surface area contributed by atoms with Gasteiger partial charge >= 0.3 is 0 Å². The highest BCUT2D eigenvalue weighted by Gasteiger charge is 2.47. The molecule has 9 unspecified atom stereocenters. The molecule has 0 aromatic heterocycles. The van der Waals surface area contributed by atoms with Gasteiger partial charge in [-0.25, -0.2) is 0 Å². The molecule has 34 heavy (non-hydrogen) atoms. The van der Waals surface area contributed by atoms with Crippen molar-refractivity contribution in [3.05, 3.63) is 0 Å². The van der Waals surface area contributed by atoms with Gasteiger partial charge in [-0.2, -0.15) is 0 Å². The maximum atomic E-state index is 10.8. The lowest BCUT2D eigenvalue weighted by Gasteiger charge is -2.26. The van der Waals surface area contributed by atoms with Gasteiger partial charge in [-0.3, -0.25) is 0 Å². The van der Waals surface area contributed by atoms with E-state index in [1.165, 1.54) is 0 Å². The molecule has 0 aliphatic carbocycles. The van der Waals surface area contributed by atoms with Gasteiger partial charge in [0.05, 0.1) is 35.6 Å². The molecule has 6 nitrogen and oxygen atoms in total. The smallest absolute Gasteiger partial charge is 0.0893 e. The van der Waals surface area contributed by atoms with Crippen LogP contribution in [0.4, 0.5) is 0 Å². The normalized spacial score (nSPS) is 26.2. The van der Waals surface area contributed by atoms with Gasteiger partial charge in [0, 0.05) is 18.9 Å². The zero-order valence-electron chi connectivity index (χ0n) is 22.9. The predicted octanol–water partition coefficient (Wildman–Crippen LogP) is 4.58. The summed E-state index contributed by atoms with van der Waals surface area (Å²) in [5.74, 6) is 1.32. The number of ether oxygens (including phenoxy) is 1. The Morgan fingerprint density at radius 2 is 1.38 bits per heavy atom. The second-order valence-electron chi connectivity index (χ2n) is 12.1. The van der Waals surface area contributed by atoms with E-state index in [9.17, 15) is 20.4 Å². The van der Waals surface area contributed by atoms with Crippen molar-refractivity contribution in [2.24, 2.45) is 17.8 Å². The summed E-state index contributed by atoms with van der Waals surface area (Å²) in [7, 11) is 0. The molecular formula is C28H56O6. The largest absolute Gasteiger partial charge is 0.396 e. The van der Waals surface area contributed by atoms with Crippen LogP contribution in [0.15, 0.2) is 0 Å². The van der Waals surface area contributed by atoms with E-state index in [0.717, 1.165) is 51.4 Å². The van der Waals surface area contributed by atoms with Crippen LogP contribution in [-0.4, -0.2) is 67.8 Å². The standard InChI is InChI=1S/C28H56O6/c1-7-24(31)22(4)26-25(34-26)19-28(6,33)15-9-11-21(3)18-20(2)10-8-14-27(5,32)16-12-23(30)13-17-29/h20-26,29-33H,7-19H2,1-6H3. The maximum Gasteiger partial charge on any atom is 0.0893 e. The van der Waals surface area contributed by atoms with Crippen molar-refractivity contribution in [1.82, 2.24) is 0 Å². The van der Waals surface area contributed by atoms with Crippen LogP contribution in [0.1, 0.15) is 119 Å². The second-order valence-corrected chi connectivity index (χ2v) is 12.1. The zero-order chi connectivity index (χ0) is 25.9. The first-order chi connectivity index (χ1) is 15.8. The van der Waals surface area contributed by atoms with Gasteiger partial charge in [0.2, 0.25) is 0 Å². The monoisotopic (exact) mass is 488 g/mol. The summed E-state index contributed by atoms with van der Waals surface area (Å²) >= 11 is 0. The second kappa shape index (κ2) is 15.1. The molecule has 0 bridgehead atoms. The van der Waals surface area contributed by atoms with E-state index in [1.807, 2.05) is 27.7 Å². The van der Waals surface area contributed by atoms with Crippen molar-refractivity contribution in [3.63, 3.8) is 0 Å². The van der Waals surface area contributed by atoms with Crippen molar-refractivity contribution in [1.29, 1.82) is 0 Å². The van der Waals surface area contributed by atoms with E-state index in [2.05, 4.69) is 13.8 Å². The molecular weight excluding hydrogens is 432 g/mol. The molecule has 0 amide bonds. The summed E-state index contributed by atoms with van der Waals surface area (Å²) in [5.41, 5.74) is -1.48. The first-order valence-electron chi connectivity index (χ1n) is 13.9. The van der Waals surface area contributed by atoms with Crippen molar-refractivity contribution < 1.29 is 30.3 Å².